The lowest BCUT2D eigenvalue weighted by molar-refractivity contribution is -0.272. The molecular weight excluding hydrogens is 326 g/mol. The number of anilines is 1. The van der Waals surface area contributed by atoms with Crippen LogP contribution in [0.1, 0.15) is 59.8 Å². The molecule has 0 bridgehead atoms. The van der Waals surface area contributed by atoms with Gasteiger partial charge in [-0.3, -0.25) is 0 Å². The molecule has 1 aliphatic heterocycles. The van der Waals surface area contributed by atoms with E-state index in [9.17, 15) is 0 Å². The maximum atomic E-state index is 5.75. The highest BCUT2D eigenvalue weighted by atomic mass is 35.5. The molecule has 0 radical (unpaired) electrons. The Morgan fingerprint density at radius 3 is 2.46 bits per heavy atom. The van der Waals surface area contributed by atoms with E-state index in [-0.39, 0.29) is 16.4 Å². The average molecular weight is 356 g/mol. The van der Waals surface area contributed by atoms with Crippen molar-refractivity contribution in [2.24, 2.45) is 5.92 Å². The third-order valence-electron chi connectivity index (χ3n) is 4.72. The van der Waals surface area contributed by atoms with Crippen molar-refractivity contribution in [1.82, 2.24) is 20.0 Å². The van der Waals surface area contributed by atoms with E-state index in [1.807, 2.05) is 0 Å². The number of hydroxylamine groups is 2. The number of piperidine rings is 1. The Bertz CT molecular complexity index is 519. The molecule has 0 spiro atoms. The van der Waals surface area contributed by atoms with Crippen LogP contribution in [0.3, 0.4) is 0 Å². The van der Waals surface area contributed by atoms with E-state index >= 15 is 0 Å². The van der Waals surface area contributed by atoms with Gasteiger partial charge in [-0.25, -0.2) is 9.97 Å². The fourth-order valence-electron chi connectivity index (χ4n) is 4.29. The quantitative estimate of drug-likeness (QED) is 0.747. The lowest BCUT2D eigenvalue weighted by Gasteiger charge is -2.53. The van der Waals surface area contributed by atoms with Crippen LogP contribution >= 0.6 is 11.6 Å². The molecule has 0 aromatic carbocycles. The topological polar surface area (TPSA) is 63.2 Å². The van der Waals surface area contributed by atoms with Gasteiger partial charge in [0.2, 0.25) is 11.2 Å². The molecule has 6 nitrogen and oxygen atoms in total. The zero-order valence-corrected chi connectivity index (χ0v) is 16.2. The second kappa shape index (κ2) is 7.93. The van der Waals surface area contributed by atoms with Gasteiger partial charge in [-0.2, -0.15) is 10.0 Å². The van der Waals surface area contributed by atoms with Crippen molar-refractivity contribution in [2.75, 3.05) is 19.0 Å². The van der Waals surface area contributed by atoms with Gasteiger partial charge in [-0.05, 0) is 64.5 Å². The third-order valence-corrected chi connectivity index (χ3v) is 4.91. The minimum absolute atomic E-state index is 0.0705. The van der Waals surface area contributed by atoms with Crippen molar-refractivity contribution < 1.29 is 4.84 Å². The molecule has 1 aromatic rings. The van der Waals surface area contributed by atoms with Crippen LogP contribution in [-0.4, -0.2) is 44.7 Å². The first-order valence-electron chi connectivity index (χ1n) is 8.67. The average Bonchev–Trinajstić information content (AvgIpc) is 2.45. The van der Waals surface area contributed by atoms with Crippen LogP contribution in [0, 0.1) is 5.92 Å². The Labute approximate surface area is 150 Å². The van der Waals surface area contributed by atoms with Crippen LogP contribution in [0.2, 0.25) is 5.28 Å². The normalized spacial score (nSPS) is 20.9. The summed E-state index contributed by atoms with van der Waals surface area (Å²) in [6.07, 6.45) is 7.28. The molecule has 7 heteroatoms. The second-order valence-corrected chi connectivity index (χ2v) is 8.21. The lowest BCUT2D eigenvalue weighted by atomic mass is 9.73. The number of aromatic nitrogens is 3. The predicted octanol–water partition coefficient (Wildman–Crippen LogP) is 3.94. The first-order chi connectivity index (χ1) is 11.2. The number of rotatable bonds is 7. The van der Waals surface area contributed by atoms with E-state index in [1.54, 1.807) is 7.11 Å². The monoisotopic (exact) mass is 355 g/mol. The summed E-state index contributed by atoms with van der Waals surface area (Å²) in [4.78, 5) is 17.5. The van der Waals surface area contributed by atoms with Crippen LogP contribution in [-0.2, 0) is 4.84 Å². The number of hydrogen-bond acceptors (Lipinski definition) is 6. The maximum absolute atomic E-state index is 5.75. The van der Waals surface area contributed by atoms with Gasteiger partial charge >= 0.3 is 0 Å². The standard InChI is InChI=1S/C17H30ClN5O/c1-16(2)10-13(11-17(3,4)23(16)24-5)8-6-7-9-19-15-21-12-20-14(18)22-15/h12-13H,6-11H2,1-5H3,(H,19,20,21,22). The van der Waals surface area contributed by atoms with Gasteiger partial charge < -0.3 is 10.2 Å². The van der Waals surface area contributed by atoms with E-state index < -0.39 is 0 Å². The number of nitrogens with zero attached hydrogens (tertiary/aromatic N) is 4. The fraction of sp³-hybridized carbons (Fsp3) is 0.824. The number of halogens is 1. The third kappa shape index (κ3) is 5.01. The number of unbranched alkanes of at least 4 members (excludes halogenated alkanes) is 1. The van der Waals surface area contributed by atoms with Gasteiger partial charge in [0.15, 0.2) is 0 Å². The summed E-state index contributed by atoms with van der Waals surface area (Å²) in [5.74, 6) is 1.28. The Kier molecular flexibility index (Phi) is 6.39. The maximum Gasteiger partial charge on any atom is 0.227 e. The van der Waals surface area contributed by atoms with Gasteiger partial charge in [0.05, 0.1) is 7.11 Å². The molecule has 0 saturated carbocycles. The van der Waals surface area contributed by atoms with Crippen molar-refractivity contribution in [3.63, 3.8) is 0 Å². The van der Waals surface area contributed by atoms with E-state index in [0.717, 1.165) is 18.9 Å². The van der Waals surface area contributed by atoms with E-state index in [2.05, 4.69) is 53.0 Å². The molecule has 24 heavy (non-hydrogen) atoms. The Morgan fingerprint density at radius 1 is 1.21 bits per heavy atom. The smallest absolute Gasteiger partial charge is 0.227 e. The Balaban J connectivity index is 1.74. The molecular formula is C17H30ClN5O. The summed E-state index contributed by atoms with van der Waals surface area (Å²) in [6.45, 7) is 9.95. The van der Waals surface area contributed by atoms with Crippen molar-refractivity contribution in [3.8, 4) is 0 Å². The summed E-state index contributed by atoms with van der Waals surface area (Å²) in [5.41, 5.74) is 0.141. The minimum Gasteiger partial charge on any atom is -0.354 e. The molecule has 1 fully saturated rings. The molecule has 2 rings (SSSR count). The zero-order valence-electron chi connectivity index (χ0n) is 15.5. The van der Waals surface area contributed by atoms with Crippen molar-refractivity contribution in [1.29, 1.82) is 0 Å². The van der Waals surface area contributed by atoms with Crippen LogP contribution in [0.4, 0.5) is 5.95 Å². The highest BCUT2D eigenvalue weighted by Crippen LogP contribution is 2.42. The van der Waals surface area contributed by atoms with E-state index in [1.165, 1.54) is 32.0 Å². The van der Waals surface area contributed by atoms with Crippen molar-refractivity contribution in [3.05, 3.63) is 11.6 Å². The highest BCUT2D eigenvalue weighted by Gasteiger charge is 2.45. The summed E-state index contributed by atoms with van der Waals surface area (Å²) >= 11 is 5.75. The Morgan fingerprint density at radius 2 is 1.88 bits per heavy atom. The first kappa shape index (κ1) is 19.3. The summed E-state index contributed by atoms with van der Waals surface area (Å²) < 4.78 is 0. The van der Waals surface area contributed by atoms with Gasteiger partial charge in [-0.15, -0.1) is 0 Å². The summed E-state index contributed by atoms with van der Waals surface area (Å²) in [7, 11) is 1.78. The number of nitrogens with one attached hydrogen (secondary N) is 1. The van der Waals surface area contributed by atoms with Crippen LogP contribution in [0.25, 0.3) is 0 Å². The first-order valence-corrected chi connectivity index (χ1v) is 9.05. The molecule has 0 unspecified atom stereocenters. The molecule has 1 N–H and O–H groups in total. The molecule has 0 atom stereocenters. The van der Waals surface area contributed by atoms with Gasteiger partial charge in [-0.1, -0.05) is 12.8 Å². The fourth-order valence-corrected chi connectivity index (χ4v) is 4.41. The van der Waals surface area contributed by atoms with Crippen LogP contribution in [0.5, 0.6) is 0 Å². The highest BCUT2D eigenvalue weighted by molar-refractivity contribution is 6.28. The molecule has 136 valence electrons. The number of hydrogen-bond donors (Lipinski definition) is 1. The predicted molar refractivity (Wildman–Crippen MR) is 96.9 cm³/mol. The SMILES string of the molecule is CON1C(C)(C)CC(CCCCNc2ncnc(Cl)n2)CC1(C)C. The van der Waals surface area contributed by atoms with Crippen molar-refractivity contribution >= 4 is 17.5 Å². The zero-order chi connectivity index (χ0) is 17.8. The molecule has 2 heterocycles. The molecule has 0 aliphatic carbocycles. The van der Waals surface area contributed by atoms with Crippen molar-refractivity contribution in [2.45, 2.75) is 70.9 Å². The van der Waals surface area contributed by atoms with E-state index in [0.29, 0.717) is 5.95 Å². The van der Waals surface area contributed by atoms with Crippen LogP contribution in [0.15, 0.2) is 6.33 Å². The summed E-state index contributed by atoms with van der Waals surface area (Å²) in [5, 5.41) is 5.59. The molecule has 1 aromatic heterocycles. The van der Waals surface area contributed by atoms with Crippen LogP contribution < -0.4 is 5.32 Å². The van der Waals surface area contributed by atoms with Gasteiger partial charge in [0.1, 0.15) is 6.33 Å². The summed E-state index contributed by atoms with van der Waals surface area (Å²) in [6, 6.07) is 0. The van der Waals surface area contributed by atoms with E-state index in [4.69, 9.17) is 16.4 Å². The lowest BCUT2D eigenvalue weighted by Crippen LogP contribution is -2.59. The molecule has 0 amide bonds. The van der Waals surface area contributed by atoms with Gasteiger partial charge in [0, 0.05) is 17.6 Å². The molecule has 1 saturated heterocycles. The minimum atomic E-state index is 0.0705. The largest absolute Gasteiger partial charge is 0.354 e. The van der Waals surface area contributed by atoms with Gasteiger partial charge in [0.25, 0.3) is 0 Å². The molecule has 1 aliphatic rings. The Hall–Kier alpha value is -0.980. The second-order valence-electron chi connectivity index (χ2n) is 7.88.